The summed E-state index contributed by atoms with van der Waals surface area (Å²) in [6.07, 6.45) is 4.71. The monoisotopic (exact) mass is 295 g/mol. The molecule has 2 heterocycles. The van der Waals surface area contributed by atoms with E-state index in [4.69, 9.17) is 0 Å². The molecule has 2 amide bonds. The number of hydrogen-bond acceptors (Lipinski definition) is 2. The molecule has 0 atom stereocenters. The van der Waals surface area contributed by atoms with Crippen molar-refractivity contribution in [3.8, 4) is 0 Å². The van der Waals surface area contributed by atoms with Gasteiger partial charge in [-0.05, 0) is 63.1 Å². The van der Waals surface area contributed by atoms with Crippen LogP contribution in [0.3, 0.4) is 0 Å². The minimum atomic E-state index is 0.154. The summed E-state index contributed by atoms with van der Waals surface area (Å²) in [6.45, 7) is 12.0. The molecule has 2 rings (SSSR count). The number of nitrogens with one attached hydrogen (secondary N) is 1. The lowest BCUT2D eigenvalue weighted by molar-refractivity contribution is 0.120. The van der Waals surface area contributed by atoms with E-state index in [1.54, 1.807) is 0 Å². The van der Waals surface area contributed by atoms with Crippen LogP contribution in [-0.4, -0.2) is 55.6 Å². The third-order valence-electron chi connectivity index (χ3n) is 5.39. The molecule has 2 fully saturated rings. The van der Waals surface area contributed by atoms with Gasteiger partial charge in [-0.2, -0.15) is 0 Å². The molecule has 21 heavy (non-hydrogen) atoms. The molecular weight excluding hydrogens is 262 g/mol. The molecule has 0 aromatic carbocycles. The summed E-state index contributed by atoms with van der Waals surface area (Å²) in [4.78, 5) is 16.6. The van der Waals surface area contributed by atoms with Gasteiger partial charge in [0.05, 0.1) is 0 Å². The van der Waals surface area contributed by atoms with E-state index in [1.165, 1.54) is 12.8 Å². The van der Waals surface area contributed by atoms with Crippen molar-refractivity contribution in [2.45, 2.75) is 46.5 Å². The lowest BCUT2D eigenvalue weighted by Gasteiger charge is -2.39. The van der Waals surface area contributed by atoms with Gasteiger partial charge >= 0.3 is 6.03 Å². The number of piperidine rings is 2. The second-order valence-corrected chi connectivity index (χ2v) is 8.06. The van der Waals surface area contributed by atoms with Crippen LogP contribution >= 0.6 is 0 Å². The van der Waals surface area contributed by atoms with Crippen molar-refractivity contribution in [1.29, 1.82) is 0 Å². The maximum absolute atomic E-state index is 12.3. The number of carbonyl (C=O) groups excluding carboxylic acids is 1. The molecule has 4 heteroatoms. The molecule has 2 saturated heterocycles. The van der Waals surface area contributed by atoms with E-state index in [-0.39, 0.29) is 6.03 Å². The summed E-state index contributed by atoms with van der Waals surface area (Å²) >= 11 is 0. The fourth-order valence-electron chi connectivity index (χ4n) is 3.56. The zero-order valence-corrected chi connectivity index (χ0v) is 14.3. The molecule has 0 aliphatic carbocycles. The van der Waals surface area contributed by atoms with Gasteiger partial charge in [-0.3, -0.25) is 0 Å². The number of urea groups is 1. The molecule has 4 nitrogen and oxygen atoms in total. The van der Waals surface area contributed by atoms with E-state index in [1.807, 2.05) is 4.90 Å². The minimum Gasteiger partial charge on any atom is -0.338 e. The highest BCUT2D eigenvalue weighted by Gasteiger charge is 2.30. The van der Waals surface area contributed by atoms with Crippen LogP contribution in [0.5, 0.6) is 0 Å². The van der Waals surface area contributed by atoms with E-state index in [2.05, 4.69) is 38.0 Å². The maximum atomic E-state index is 12.3. The Hall–Kier alpha value is -0.770. The zero-order valence-electron chi connectivity index (χ0n) is 14.3. The quantitative estimate of drug-likeness (QED) is 0.850. The van der Waals surface area contributed by atoms with Gasteiger partial charge in [-0.25, -0.2) is 4.79 Å². The van der Waals surface area contributed by atoms with Crippen molar-refractivity contribution in [3.05, 3.63) is 0 Å². The van der Waals surface area contributed by atoms with Crippen molar-refractivity contribution in [3.63, 3.8) is 0 Å². The van der Waals surface area contributed by atoms with Crippen LogP contribution in [-0.2, 0) is 0 Å². The highest BCUT2D eigenvalue weighted by Crippen LogP contribution is 2.34. The van der Waals surface area contributed by atoms with Crippen LogP contribution in [0.15, 0.2) is 0 Å². The van der Waals surface area contributed by atoms with E-state index >= 15 is 0 Å². The summed E-state index contributed by atoms with van der Waals surface area (Å²) in [5, 5.41) is 3.16. The SMILES string of the molecule is CN1CCC(CNC(=O)N2CCC(C(C)(C)C)CC2)CC1. The van der Waals surface area contributed by atoms with Gasteiger partial charge in [-0.1, -0.05) is 20.8 Å². The van der Waals surface area contributed by atoms with Gasteiger partial charge in [-0.15, -0.1) is 0 Å². The van der Waals surface area contributed by atoms with Crippen molar-refractivity contribution in [2.75, 3.05) is 39.8 Å². The Kier molecular flexibility index (Phi) is 5.53. The van der Waals surface area contributed by atoms with Gasteiger partial charge in [0.15, 0.2) is 0 Å². The largest absolute Gasteiger partial charge is 0.338 e. The van der Waals surface area contributed by atoms with Crippen LogP contribution in [0, 0.1) is 17.3 Å². The van der Waals surface area contributed by atoms with Crippen molar-refractivity contribution < 1.29 is 4.79 Å². The van der Waals surface area contributed by atoms with Crippen LogP contribution in [0.2, 0.25) is 0 Å². The Balaban J connectivity index is 1.68. The second-order valence-electron chi connectivity index (χ2n) is 8.06. The molecule has 0 aromatic heterocycles. The van der Waals surface area contributed by atoms with Crippen LogP contribution in [0.4, 0.5) is 4.79 Å². The summed E-state index contributed by atoms with van der Waals surface area (Å²) in [6, 6.07) is 0.154. The molecule has 2 aliphatic rings. The second kappa shape index (κ2) is 6.99. The Labute approximate surface area is 130 Å². The molecule has 2 aliphatic heterocycles. The Morgan fingerprint density at radius 3 is 2.14 bits per heavy atom. The topological polar surface area (TPSA) is 35.6 Å². The Morgan fingerprint density at radius 1 is 1.05 bits per heavy atom. The third kappa shape index (κ3) is 4.87. The van der Waals surface area contributed by atoms with E-state index in [0.29, 0.717) is 11.3 Å². The number of hydrogen-bond donors (Lipinski definition) is 1. The number of rotatable bonds is 2. The third-order valence-corrected chi connectivity index (χ3v) is 5.39. The first-order chi connectivity index (χ1) is 9.86. The fraction of sp³-hybridized carbons (Fsp3) is 0.941. The minimum absolute atomic E-state index is 0.154. The van der Waals surface area contributed by atoms with E-state index < -0.39 is 0 Å². The van der Waals surface area contributed by atoms with Crippen LogP contribution < -0.4 is 5.32 Å². The first kappa shape index (κ1) is 16.6. The molecule has 1 N–H and O–H groups in total. The van der Waals surface area contributed by atoms with Gasteiger partial charge in [0.1, 0.15) is 0 Å². The molecule has 0 unspecified atom stereocenters. The normalized spacial score (nSPS) is 23.3. The van der Waals surface area contributed by atoms with Crippen molar-refractivity contribution in [2.24, 2.45) is 17.3 Å². The molecule has 0 spiro atoms. The average Bonchev–Trinajstić information content (AvgIpc) is 2.45. The summed E-state index contributed by atoms with van der Waals surface area (Å²) in [5.74, 6) is 1.41. The molecule has 0 bridgehead atoms. The molecule has 0 radical (unpaired) electrons. The highest BCUT2D eigenvalue weighted by atomic mass is 16.2. The van der Waals surface area contributed by atoms with Crippen molar-refractivity contribution in [1.82, 2.24) is 15.1 Å². The van der Waals surface area contributed by atoms with Gasteiger partial charge in [0.2, 0.25) is 0 Å². The lowest BCUT2D eigenvalue weighted by Crippen LogP contribution is -2.47. The Morgan fingerprint density at radius 2 is 1.62 bits per heavy atom. The highest BCUT2D eigenvalue weighted by molar-refractivity contribution is 5.74. The van der Waals surface area contributed by atoms with E-state index in [9.17, 15) is 4.79 Å². The van der Waals surface area contributed by atoms with Gasteiger partial charge in [0.25, 0.3) is 0 Å². The fourth-order valence-corrected chi connectivity index (χ4v) is 3.56. The predicted molar refractivity (Wildman–Crippen MR) is 87.4 cm³/mol. The van der Waals surface area contributed by atoms with Crippen LogP contribution in [0.25, 0.3) is 0 Å². The number of amides is 2. The molecule has 0 saturated carbocycles. The van der Waals surface area contributed by atoms with Crippen molar-refractivity contribution >= 4 is 6.03 Å². The van der Waals surface area contributed by atoms with Gasteiger partial charge in [0, 0.05) is 19.6 Å². The first-order valence-corrected chi connectivity index (χ1v) is 8.57. The molecule has 122 valence electrons. The van der Waals surface area contributed by atoms with Crippen LogP contribution in [0.1, 0.15) is 46.5 Å². The zero-order chi connectivity index (χ0) is 15.5. The number of nitrogens with zero attached hydrogens (tertiary/aromatic N) is 2. The summed E-state index contributed by atoms with van der Waals surface area (Å²) < 4.78 is 0. The standard InChI is InChI=1S/C17H33N3O/c1-17(2,3)15-7-11-20(12-8-15)16(21)18-13-14-5-9-19(4)10-6-14/h14-15H,5-13H2,1-4H3,(H,18,21). The first-order valence-electron chi connectivity index (χ1n) is 8.57. The van der Waals surface area contributed by atoms with Gasteiger partial charge < -0.3 is 15.1 Å². The summed E-state index contributed by atoms with van der Waals surface area (Å²) in [7, 11) is 2.17. The number of likely N-dealkylation sites (tertiary alicyclic amines) is 2. The predicted octanol–water partition coefficient (Wildman–Crippen LogP) is 2.80. The molecule has 0 aromatic rings. The molecular formula is C17H33N3O. The lowest BCUT2D eigenvalue weighted by atomic mass is 9.75. The maximum Gasteiger partial charge on any atom is 0.317 e. The smallest absolute Gasteiger partial charge is 0.317 e. The Bertz CT molecular complexity index is 334. The summed E-state index contributed by atoms with van der Waals surface area (Å²) in [5.41, 5.74) is 0.372. The average molecular weight is 295 g/mol. The van der Waals surface area contributed by atoms with E-state index in [0.717, 1.165) is 51.5 Å². The number of carbonyl (C=O) groups is 1.